The second-order valence-electron chi connectivity index (χ2n) is 7.60. The first-order valence-electron chi connectivity index (χ1n) is 10.9. The summed E-state index contributed by atoms with van der Waals surface area (Å²) in [5.74, 6) is -0.405. The normalized spacial score (nSPS) is 12.0. The van der Waals surface area contributed by atoms with Gasteiger partial charge in [0.1, 0.15) is 0 Å². The van der Waals surface area contributed by atoms with E-state index in [1.165, 1.54) is 16.1 Å². The number of imidazole rings is 1. The predicted molar refractivity (Wildman–Crippen MR) is 127 cm³/mol. The molecule has 0 aliphatic heterocycles. The quantitative estimate of drug-likeness (QED) is 0.475. The van der Waals surface area contributed by atoms with Gasteiger partial charge >= 0.3 is 6.03 Å². The van der Waals surface area contributed by atoms with E-state index < -0.39 is 22.0 Å². The lowest BCUT2D eigenvalue weighted by atomic mass is 10.3. The van der Waals surface area contributed by atoms with E-state index in [0.29, 0.717) is 30.3 Å². The van der Waals surface area contributed by atoms with E-state index in [1.807, 2.05) is 18.4 Å². The minimum absolute atomic E-state index is 0.0194. The van der Waals surface area contributed by atoms with Crippen LogP contribution < -0.4 is 10.6 Å². The van der Waals surface area contributed by atoms with Gasteiger partial charge in [-0.3, -0.25) is 10.1 Å². The average Bonchev–Trinajstić information content (AvgIpc) is 3.07. The highest BCUT2D eigenvalue weighted by Crippen LogP contribution is 2.27. The molecule has 178 valence electrons. The molecule has 0 spiro atoms. The molecule has 9 nitrogen and oxygen atoms in total. The van der Waals surface area contributed by atoms with Crippen molar-refractivity contribution in [3.05, 3.63) is 18.2 Å². The van der Waals surface area contributed by atoms with Crippen molar-refractivity contribution < 1.29 is 18.0 Å². The molecule has 0 atom stereocenters. The highest BCUT2D eigenvalue weighted by molar-refractivity contribution is 7.99. The molecule has 0 saturated heterocycles. The standard InChI is InChI=1S/C21H33N5O4S2/c1-6-9-12-26-18-11-10-16(32(29,30)25(7-2)8-3)13-17(18)23-21(26)31-14-19(27)24-20(28)22-15(4)5/h10-11,13,15H,6-9,12,14H2,1-5H3,(H2,22,24,27,28). The van der Waals surface area contributed by atoms with E-state index in [0.717, 1.165) is 18.4 Å². The van der Waals surface area contributed by atoms with Gasteiger partial charge in [0.05, 0.1) is 21.7 Å². The van der Waals surface area contributed by atoms with Crippen LogP contribution in [0, 0.1) is 0 Å². The van der Waals surface area contributed by atoms with Crippen LogP contribution in [0.15, 0.2) is 28.3 Å². The zero-order chi connectivity index (χ0) is 23.9. The van der Waals surface area contributed by atoms with E-state index in [1.54, 1.807) is 32.0 Å². The second-order valence-corrected chi connectivity index (χ2v) is 10.5. The first-order valence-corrected chi connectivity index (χ1v) is 13.3. The zero-order valence-corrected chi connectivity index (χ0v) is 21.0. The van der Waals surface area contributed by atoms with Crippen molar-refractivity contribution in [2.24, 2.45) is 0 Å². The number of hydrogen-bond acceptors (Lipinski definition) is 6. The second kappa shape index (κ2) is 11.7. The van der Waals surface area contributed by atoms with Crippen LogP contribution in [0.3, 0.4) is 0 Å². The fourth-order valence-electron chi connectivity index (χ4n) is 3.19. The number of benzene rings is 1. The van der Waals surface area contributed by atoms with Crippen molar-refractivity contribution in [3.63, 3.8) is 0 Å². The molecule has 1 aromatic carbocycles. The zero-order valence-electron chi connectivity index (χ0n) is 19.3. The number of hydrogen-bond donors (Lipinski definition) is 2. The fraction of sp³-hybridized carbons (Fsp3) is 0.571. The summed E-state index contributed by atoms with van der Waals surface area (Å²) in [6, 6.07) is 4.37. The van der Waals surface area contributed by atoms with Crippen LogP contribution in [0.25, 0.3) is 11.0 Å². The Morgan fingerprint density at radius 2 is 1.88 bits per heavy atom. The molecular formula is C21H33N5O4S2. The van der Waals surface area contributed by atoms with Crippen molar-refractivity contribution in [3.8, 4) is 0 Å². The van der Waals surface area contributed by atoms with E-state index in [9.17, 15) is 18.0 Å². The molecule has 0 bridgehead atoms. The van der Waals surface area contributed by atoms with Gasteiger partial charge < -0.3 is 9.88 Å². The smallest absolute Gasteiger partial charge is 0.321 e. The molecule has 1 heterocycles. The third kappa shape index (κ3) is 6.46. The van der Waals surface area contributed by atoms with E-state index in [-0.39, 0.29) is 16.7 Å². The average molecular weight is 484 g/mol. The fourth-order valence-corrected chi connectivity index (χ4v) is 5.51. The van der Waals surface area contributed by atoms with Crippen LogP contribution >= 0.6 is 11.8 Å². The van der Waals surface area contributed by atoms with Gasteiger partial charge in [0.2, 0.25) is 15.9 Å². The molecule has 2 aromatic rings. The van der Waals surface area contributed by atoms with Crippen molar-refractivity contribution in [1.82, 2.24) is 24.5 Å². The topological polar surface area (TPSA) is 113 Å². The Morgan fingerprint density at radius 3 is 2.47 bits per heavy atom. The summed E-state index contributed by atoms with van der Waals surface area (Å²) in [5.41, 5.74) is 1.38. The number of fused-ring (bicyclic) bond motifs is 1. The number of aromatic nitrogens is 2. The van der Waals surface area contributed by atoms with Gasteiger partial charge in [-0.25, -0.2) is 18.2 Å². The summed E-state index contributed by atoms with van der Waals surface area (Å²) in [6.07, 6.45) is 1.90. The Balaban J connectivity index is 2.30. The number of aryl methyl sites for hydroxylation is 1. The molecule has 3 amide bonds. The van der Waals surface area contributed by atoms with Gasteiger partial charge in [0, 0.05) is 25.7 Å². The molecule has 0 radical (unpaired) electrons. The maximum Gasteiger partial charge on any atom is 0.321 e. The van der Waals surface area contributed by atoms with E-state index in [2.05, 4.69) is 22.5 Å². The molecule has 0 aliphatic rings. The Hall–Kier alpha value is -2.11. The summed E-state index contributed by atoms with van der Waals surface area (Å²) in [5, 5.41) is 5.53. The number of nitrogens with one attached hydrogen (secondary N) is 2. The Kier molecular flexibility index (Phi) is 9.53. The summed E-state index contributed by atoms with van der Waals surface area (Å²) in [6.45, 7) is 10.8. The first-order chi connectivity index (χ1) is 15.1. The molecule has 0 unspecified atom stereocenters. The molecule has 0 saturated carbocycles. The predicted octanol–water partition coefficient (Wildman–Crippen LogP) is 3.19. The monoisotopic (exact) mass is 483 g/mol. The van der Waals surface area contributed by atoms with Gasteiger partial charge in [-0.15, -0.1) is 0 Å². The number of urea groups is 1. The van der Waals surface area contributed by atoms with Gasteiger partial charge in [-0.1, -0.05) is 39.0 Å². The lowest BCUT2D eigenvalue weighted by Gasteiger charge is -2.18. The summed E-state index contributed by atoms with van der Waals surface area (Å²) in [4.78, 5) is 28.7. The number of unbranched alkanes of at least 4 members (excludes halogenated alkanes) is 1. The largest absolute Gasteiger partial charge is 0.336 e. The third-order valence-corrected chi connectivity index (χ3v) is 7.79. The number of rotatable bonds is 11. The molecule has 0 fully saturated rings. The number of sulfonamides is 1. The highest BCUT2D eigenvalue weighted by Gasteiger charge is 2.23. The molecule has 2 rings (SSSR count). The molecule has 1 aromatic heterocycles. The van der Waals surface area contributed by atoms with E-state index >= 15 is 0 Å². The molecular weight excluding hydrogens is 450 g/mol. The van der Waals surface area contributed by atoms with Crippen molar-refractivity contribution in [2.75, 3.05) is 18.8 Å². The number of nitrogens with zero attached hydrogens (tertiary/aromatic N) is 3. The molecule has 11 heteroatoms. The van der Waals surface area contributed by atoms with Gasteiger partial charge in [-0.05, 0) is 38.5 Å². The number of carbonyl (C=O) groups excluding carboxylic acids is 2. The van der Waals surface area contributed by atoms with Crippen LogP contribution in [0.2, 0.25) is 0 Å². The number of amides is 3. The Bertz CT molecular complexity index is 1050. The number of thioether (sulfide) groups is 1. The van der Waals surface area contributed by atoms with Crippen molar-refractivity contribution in [1.29, 1.82) is 0 Å². The van der Waals surface area contributed by atoms with Crippen LogP contribution in [0.4, 0.5) is 4.79 Å². The lowest BCUT2D eigenvalue weighted by molar-refractivity contribution is -0.117. The van der Waals surface area contributed by atoms with E-state index in [4.69, 9.17) is 0 Å². The maximum absolute atomic E-state index is 12.9. The molecule has 0 aliphatic carbocycles. The summed E-state index contributed by atoms with van der Waals surface area (Å²) >= 11 is 1.22. The number of carbonyl (C=O) groups is 2. The molecule has 32 heavy (non-hydrogen) atoms. The Morgan fingerprint density at radius 1 is 1.19 bits per heavy atom. The first kappa shape index (κ1) is 26.1. The molecule has 2 N–H and O–H groups in total. The third-order valence-electron chi connectivity index (χ3n) is 4.77. The highest BCUT2D eigenvalue weighted by atomic mass is 32.2. The Labute approximate surface area is 194 Å². The maximum atomic E-state index is 12.9. The summed E-state index contributed by atoms with van der Waals surface area (Å²) in [7, 11) is -3.59. The van der Waals surface area contributed by atoms with Gasteiger partial charge in [-0.2, -0.15) is 4.31 Å². The lowest BCUT2D eigenvalue weighted by Crippen LogP contribution is -2.43. The van der Waals surface area contributed by atoms with Crippen molar-refractivity contribution >= 4 is 44.8 Å². The number of imide groups is 1. The van der Waals surface area contributed by atoms with Crippen LogP contribution in [-0.2, 0) is 21.4 Å². The van der Waals surface area contributed by atoms with Gasteiger partial charge in [0.25, 0.3) is 0 Å². The van der Waals surface area contributed by atoms with Crippen molar-refractivity contribution in [2.45, 2.75) is 70.1 Å². The van der Waals surface area contributed by atoms with Crippen LogP contribution in [0.1, 0.15) is 47.5 Å². The SMILES string of the molecule is CCCCn1c(SCC(=O)NC(=O)NC(C)C)nc2cc(S(=O)(=O)N(CC)CC)ccc21. The van der Waals surface area contributed by atoms with Crippen LogP contribution in [-0.4, -0.2) is 59.1 Å². The van der Waals surface area contributed by atoms with Gasteiger partial charge in [0.15, 0.2) is 5.16 Å². The van der Waals surface area contributed by atoms with Crippen LogP contribution in [0.5, 0.6) is 0 Å². The summed E-state index contributed by atoms with van der Waals surface area (Å²) < 4.78 is 29.2. The minimum Gasteiger partial charge on any atom is -0.336 e. The minimum atomic E-state index is -3.59.